The first-order valence-electron chi connectivity index (χ1n) is 9.08. The monoisotopic (exact) mass is 343 g/mol. The van der Waals surface area contributed by atoms with Crippen molar-refractivity contribution in [3.63, 3.8) is 0 Å². The summed E-state index contributed by atoms with van der Waals surface area (Å²) in [4.78, 5) is 17.0. The maximum absolute atomic E-state index is 5.88. The lowest BCUT2D eigenvalue weighted by Crippen LogP contribution is -2.67. The predicted molar refractivity (Wildman–Crippen MR) is 103 cm³/mol. The molecule has 0 aliphatic carbocycles. The highest BCUT2D eigenvalue weighted by Crippen LogP contribution is 2.45. The molecule has 2 fully saturated rings. The van der Waals surface area contributed by atoms with Gasteiger partial charge in [0.25, 0.3) is 0 Å². The van der Waals surface area contributed by atoms with Crippen LogP contribution in [0.1, 0.15) is 12.0 Å². The van der Waals surface area contributed by atoms with E-state index in [1.807, 2.05) is 6.20 Å². The second-order valence-electron chi connectivity index (χ2n) is 7.30. The molecule has 5 rings (SSSR count). The van der Waals surface area contributed by atoms with Crippen LogP contribution < -0.4 is 4.90 Å². The Kier molecular flexibility index (Phi) is 3.47. The Morgan fingerprint density at radius 3 is 2.96 bits per heavy atom. The summed E-state index contributed by atoms with van der Waals surface area (Å²) in [6.07, 6.45) is 10.5. The standard InChI is InChI=1S/C21H21N5/c1-2-17-13-26(12-16-6-4-3-5-7-16)21(17)9-11-25(14-21)20-18-8-10-22-19(18)23-15-24-20/h1,3-8,10,15,17H,9,11-14H2,(H,22,23,24)/t17-,21-/m0/s1. The van der Waals surface area contributed by atoms with Gasteiger partial charge in [-0.25, -0.2) is 9.97 Å². The van der Waals surface area contributed by atoms with Gasteiger partial charge < -0.3 is 9.88 Å². The molecule has 2 aliphatic rings. The molecule has 3 aromatic rings. The van der Waals surface area contributed by atoms with Gasteiger partial charge in [-0.1, -0.05) is 36.3 Å². The Morgan fingerprint density at radius 2 is 2.12 bits per heavy atom. The fourth-order valence-corrected chi connectivity index (χ4v) is 4.56. The molecule has 5 heteroatoms. The van der Waals surface area contributed by atoms with Crippen LogP contribution in [0.2, 0.25) is 0 Å². The van der Waals surface area contributed by atoms with E-state index in [1.54, 1.807) is 6.33 Å². The van der Waals surface area contributed by atoms with Gasteiger partial charge in [-0.05, 0) is 18.1 Å². The lowest BCUT2D eigenvalue weighted by Gasteiger charge is -2.55. The number of benzene rings is 1. The maximum Gasteiger partial charge on any atom is 0.142 e. The van der Waals surface area contributed by atoms with Gasteiger partial charge in [-0.15, -0.1) is 6.42 Å². The normalized spacial score (nSPS) is 25.5. The zero-order valence-electron chi connectivity index (χ0n) is 14.6. The van der Waals surface area contributed by atoms with Crippen molar-refractivity contribution in [2.45, 2.75) is 18.5 Å². The SMILES string of the molecule is C#C[C@H]1CN(Cc2ccccc2)[C@]12CCN(c1ncnc3[nH]ccc13)C2. The first-order valence-corrected chi connectivity index (χ1v) is 9.08. The van der Waals surface area contributed by atoms with Gasteiger partial charge in [0.15, 0.2) is 0 Å². The minimum Gasteiger partial charge on any atom is -0.354 e. The van der Waals surface area contributed by atoms with E-state index in [-0.39, 0.29) is 5.54 Å². The lowest BCUT2D eigenvalue weighted by molar-refractivity contribution is -0.0455. The molecule has 26 heavy (non-hydrogen) atoms. The number of terminal acetylenes is 1. The van der Waals surface area contributed by atoms with Crippen molar-refractivity contribution in [3.05, 3.63) is 54.5 Å². The maximum atomic E-state index is 5.88. The molecule has 0 unspecified atom stereocenters. The summed E-state index contributed by atoms with van der Waals surface area (Å²) in [5.74, 6) is 4.36. The number of hydrogen-bond acceptors (Lipinski definition) is 4. The second kappa shape index (κ2) is 5.86. The van der Waals surface area contributed by atoms with Gasteiger partial charge in [0.2, 0.25) is 0 Å². The Hall–Kier alpha value is -2.84. The molecule has 0 bridgehead atoms. The van der Waals surface area contributed by atoms with Gasteiger partial charge in [0, 0.05) is 32.4 Å². The Labute approximate surface area is 153 Å². The van der Waals surface area contributed by atoms with Gasteiger partial charge in [0.1, 0.15) is 17.8 Å². The average Bonchev–Trinajstić information content (AvgIpc) is 3.34. The number of hydrogen-bond donors (Lipinski definition) is 1. The molecule has 2 atom stereocenters. The number of nitrogens with one attached hydrogen (secondary N) is 1. The first kappa shape index (κ1) is 15.4. The molecule has 1 spiro atoms. The van der Waals surface area contributed by atoms with Gasteiger partial charge in [0.05, 0.1) is 16.8 Å². The molecule has 5 nitrogen and oxygen atoms in total. The third-order valence-corrected chi connectivity index (χ3v) is 6.01. The minimum atomic E-state index is 0.0537. The van der Waals surface area contributed by atoms with E-state index in [2.05, 4.69) is 67.1 Å². The van der Waals surface area contributed by atoms with Crippen molar-refractivity contribution in [1.29, 1.82) is 0 Å². The topological polar surface area (TPSA) is 48.1 Å². The van der Waals surface area contributed by atoms with Crippen LogP contribution in [-0.2, 0) is 6.54 Å². The van der Waals surface area contributed by atoms with Gasteiger partial charge in [-0.3, -0.25) is 4.90 Å². The highest BCUT2D eigenvalue weighted by Gasteiger charge is 2.56. The molecule has 130 valence electrons. The van der Waals surface area contributed by atoms with Gasteiger partial charge in [-0.2, -0.15) is 0 Å². The van der Waals surface area contributed by atoms with Crippen molar-refractivity contribution in [3.8, 4) is 12.3 Å². The Morgan fingerprint density at radius 1 is 1.23 bits per heavy atom. The van der Waals surface area contributed by atoms with Crippen LogP contribution in [-0.4, -0.2) is 45.0 Å². The van der Waals surface area contributed by atoms with E-state index < -0.39 is 0 Å². The van der Waals surface area contributed by atoms with Crippen molar-refractivity contribution < 1.29 is 0 Å². The van der Waals surface area contributed by atoms with E-state index in [9.17, 15) is 0 Å². The van der Waals surface area contributed by atoms with E-state index >= 15 is 0 Å². The third-order valence-electron chi connectivity index (χ3n) is 6.01. The quantitative estimate of drug-likeness (QED) is 0.743. The molecular weight excluding hydrogens is 322 g/mol. The zero-order chi connectivity index (χ0) is 17.6. The molecule has 0 saturated carbocycles. The van der Waals surface area contributed by atoms with Crippen molar-refractivity contribution in [2.75, 3.05) is 24.5 Å². The van der Waals surface area contributed by atoms with E-state index in [4.69, 9.17) is 6.42 Å². The van der Waals surface area contributed by atoms with E-state index in [1.165, 1.54) is 5.56 Å². The summed E-state index contributed by atoms with van der Waals surface area (Å²) in [6, 6.07) is 12.7. The Bertz CT molecular complexity index is 973. The number of likely N-dealkylation sites (tertiary alicyclic amines) is 1. The number of nitrogens with zero attached hydrogens (tertiary/aromatic N) is 4. The van der Waals surface area contributed by atoms with Crippen LogP contribution in [0.5, 0.6) is 0 Å². The molecule has 0 amide bonds. The lowest BCUT2D eigenvalue weighted by atomic mass is 9.73. The highest BCUT2D eigenvalue weighted by atomic mass is 15.4. The highest BCUT2D eigenvalue weighted by molar-refractivity contribution is 5.87. The molecule has 1 aromatic carbocycles. The third kappa shape index (κ3) is 2.23. The number of aromatic nitrogens is 3. The number of H-pyrrole nitrogens is 1. The van der Waals surface area contributed by atoms with Crippen LogP contribution in [0.3, 0.4) is 0 Å². The zero-order valence-corrected chi connectivity index (χ0v) is 14.6. The Balaban J connectivity index is 1.43. The smallest absolute Gasteiger partial charge is 0.142 e. The molecule has 2 aliphatic heterocycles. The summed E-state index contributed by atoms with van der Waals surface area (Å²) in [5, 5.41) is 1.08. The summed E-state index contributed by atoms with van der Waals surface area (Å²) >= 11 is 0. The molecule has 0 radical (unpaired) electrons. The van der Waals surface area contributed by atoms with Crippen LogP contribution in [0, 0.1) is 18.3 Å². The first-order chi connectivity index (χ1) is 12.8. The van der Waals surface area contributed by atoms with E-state index in [0.29, 0.717) is 5.92 Å². The number of rotatable bonds is 3. The fraction of sp³-hybridized carbons (Fsp3) is 0.333. The second-order valence-corrected chi connectivity index (χ2v) is 7.30. The van der Waals surface area contributed by atoms with Gasteiger partial charge >= 0.3 is 0 Å². The number of fused-ring (bicyclic) bond motifs is 1. The molecule has 2 aromatic heterocycles. The molecule has 2 saturated heterocycles. The van der Waals surface area contributed by atoms with Crippen LogP contribution in [0.15, 0.2) is 48.9 Å². The summed E-state index contributed by atoms with van der Waals surface area (Å²) in [6.45, 7) is 3.82. The van der Waals surface area contributed by atoms with Crippen molar-refractivity contribution in [2.24, 2.45) is 5.92 Å². The van der Waals surface area contributed by atoms with Crippen LogP contribution in [0.25, 0.3) is 11.0 Å². The van der Waals surface area contributed by atoms with Crippen molar-refractivity contribution in [1.82, 2.24) is 19.9 Å². The van der Waals surface area contributed by atoms with Crippen LogP contribution >= 0.6 is 0 Å². The molecule has 4 heterocycles. The average molecular weight is 343 g/mol. The predicted octanol–water partition coefficient (Wildman–Crippen LogP) is 2.67. The summed E-state index contributed by atoms with van der Waals surface area (Å²) in [7, 11) is 0. The van der Waals surface area contributed by atoms with Crippen molar-refractivity contribution >= 4 is 16.9 Å². The number of aromatic amines is 1. The largest absolute Gasteiger partial charge is 0.354 e. The minimum absolute atomic E-state index is 0.0537. The van der Waals surface area contributed by atoms with Crippen LogP contribution in [0.4, 0.5) is 5.82 Å². The van der Waals surface area contributed by atoms with E-state index in [0.717, 1.165) is 49.5 Å². The fourth-order valence-electron chi connectivity index (χ4n) is 4.56. The summed E-state index contributed by atoms with van der Waals surface area (Å²) < 4.78 is 0. The molecule has 1 N–H and O–H groups in total. The molecular formula is C21H21N5. The summed E-state index contributed by atoms with van der Waals surface area (Å²) in [5.41, 5.74) is 2.29. The number of anilines is 1.